The Kier molecular flexibility index (Phi) is 5.11. The van der Waals surface area contributed by atoms with E-state index in [9.17, 15) is 9.90 Å². The maximum Gasteiger partial charge on any atom is 0.335 e. The first-order valence-electron chi connectivity index (χ1n) is 7.06. The molecule has 0 spiro atoms. The van der Waals surface area contributed by atoms with Gasteiger partial charge < -0.3 is 14.4 Å². The van der Waals surface area contributed by atoms with Crippen LogP contribution in [0.15, 0.2) is 35.1 Å². The summed E-state index contributed by atoms with van der Waals surface area (Å²) >= 11 is 0. The summed E-state index contributed by atoms with van der Waals surface area (Å²) < 4.78 is 5.26. The van der Waals surface area contributed by atoms with E-state index >= 15 is 0 Å². The predicted molar refractivity (Wildman–Crippen MR) is 80.1 cm³/mol. The van der Waals surface area contributed by atoms with Crippen LogP contribution in [0.5, 0.6) is 0 Å². The molecule has 0 aliphatic heterocycles. The highest BCUT2D eigenvalue weighted by atomic mass is 16.4. The fourth-order valence-electron chi connectivity index (χ4n) is 2.22. The van der Waals surface area contributed by atoms with E-state index in [4.69, 9.17) is 4.42 Å². The number of hydrogen-bond acceptors (Lipinski definition) is 4. The van der Waals surface area contributed by atoms with Crippen molar-refractivity contribution < 1.29 is 14.3 Å². The summed E-state index contributed by atoms with van der Waals surface area (Å²) in [5.74, 6) is -0.503. The third-order valence-corrected chi connectivity index (χ3v) is 3.26. The minimum atomic E-state index is -0.944. The molecule has 1 aromatic carbocycles. The SMILES string of the molecule is CCCCN(C)Cc1cc(C(=O)O)cc(-c2ncco2)c1. The summed E-state index contributed by atoms with van der Waals surface area (Å²) in [6, 6.07) is 5.22. The first kappa shape index (κ1) is 15.3. The Morgan fingerprint density at radius 3 is 2.81 bits per heavy atom. The third kappa shape index (κ3) is 4.16. The normalized spacial score (nSPS) is 11.0. The lowest BCUT2D eigenvalue weighted by molar-refractivity contribution is 0.0696. The third-order valence-electron chi connectivity index (χ3n) is 3.26. The van der Waals surface area contributed by atoms with Crippen LogP contribution >= 0.6 is 0 Å². The number of carbonyl (C=O) groups is 1. The van der Waals surface area contributed by atoms with Crippen LogP contribution < -0.4 is 0 Å². The van der Waals surface area contributed by atoms with Crippen molar-refractivity contribution in [3.05, 3.63) is 41.8 Å². The molecule has 21 heavy (non-hydrogen) atoms. The molecule has 0 fully saturated rings. The number of rotatable bonds is 7. The zero-order chi connectivity index (χ0) is 15.2. The number of unbranched alkanes of at least 4 members (excludes halogenated alkanes) is 1. The number of benzene rings is 1. The van der Waals surface area contributed by atoms with E-state index in [2.05, 4.69) is 16.8 Å². The number of carboxylic acid groups (broad SMARTS) is 1. The maximum absolute atomic E-state index is 11.3. The Balaban J connectivity index is 2.26. The molecule has 1 heterocycles. The monoisotopic (exact) mass is 288 g/mol. The van der Waals surface area contributed by atoms with E-state index in [0.717, 1.165) is 24.9 Å². The van der Waals surface area contributed by atoms with Crippen molar-refractivity contribution >= 4 is 5.97 Å². The topological polar surface area (TPSA) is 66.6 Å². The Morgan fingerprint density at radius 2 is 2.19 bits per heavy atom. The Labute approximate surface area is 124 Å². The second-order valence-corrected chi connectivity index (χ2v) is 5.15. The van der Waals surface area contributed by atoms with Gasteiger partial charge in [0.15, 0.2) is 0 Å². The molecule has 2 rings (SSSR count). The minimum absolute atomic E-state index is 0.254. The van der Waals surface area contributed by atoms with E-state index in [-0.39, 0.29) is 5.56 Å². The van der Waals surface area contributed by atoms with Crippen LogP contribution in [0, 0.1) is 0 Å². The quantitative estimate of drug-likeness (QED) is 0.847. The van der Waals surface area contributed by atoms with Crippen LogP contribution in [0.1, 0.15) is 35.7 Å². The molecule has 1 N–H and O–H groups in total. The van der Waals surface area contributed by atoms with Crippen LogP contribution in [0.25, 0.3) is 11.5 Å². The van der Waals surface area contributed by atoms with Crippen molar-refractivity contribution in [2.24, 2.45) is 0 Å². The van der Waals surface area contributed by atoms with Crippen molar-refractivity contribution in [2.45, 2.75) is 26.3 Å². The van der Waals surface area contributed by atoms with Crippen molar-refractivity contribution in [3.63, 3.8) is 0 Å². The Hall–Kier alpha value is -2.14. The molecule has 2 aromatic rings. The smallest absolute Gasteiger partial charge is 0.335 e. The largest absolute Gasteiger partial charge is 0.478 e. The average molecular weight is 288 g/mol. The van der Waals surface area contributed by atoms with Crippen molar-refractivity contribution in [1.82, 2.24) is 9.88 Å². The highest BCUT2D eigenvalue weighted by Gasteiger charge is 2.12. The van der Waals surface area contributed by atoms with E-state index in [0.29, 0.717) is 18.0 Å². The van der Waals surface area contributed by atoms with Crippen molar-refractivity contribution in [1.29, 1.82) is 0 Å². The van der Waals surface area contributed by atoms with E-state index in [1.54, 1.807) is 18.3 Å². The Morgan fingerprint density at radius 1 is 1.38 bits per heavy atom. The van der Waals surface area contributed by atoms with Gasteiger partial charge in [-0.2, -0.15) is 0 Å². The molecule has 0 unspecified atom stereocenters. The van der Waals surface area contributed by atoms with Gasteiger partial charge in [-0.1, -0.05) is 13.3 Å². The van der Waals surface area contributed by atoms with Gasteiger partial charge in [-0.3, -0.25) is 0 Å². The van der Waals surface area contributed by atoms with Crippen molar-refractivity contribution in [2.75, 3.05) is 13.6 Å². The molecule has 0 aliphatic carbocycles. The molecular formula is C16H20N2O3. The molecule has 112 valence electrons. The van der Waals surface area contributed by atoms with Gasteiger partial charge >= 0.3 is 5.97 Å². The molecule has 5 heteroatoms. The predicted octanol–water partition coefficient (Wildman–Crippen LogP) is 3.27. The van der Waals surface area contributed by atoms with Gasteiger partial charge in [0.05, 0.1) is 11.8 Å². The summed E-state index contributed by atoms with van der Waals surface area (Å²) in [4.78, 5) is 17.5. The van der Waals surface area contributed by atoms with Crippen molar-refractivity contribution in [3.8, 4) is 11.5 Å². The van der Waals surface area contributed by atoms with Gasteiger partial charge in [0.2, 0.25) is 5.89 Å². The van der Waals surface area contributed by atoms with Gasteiger partial charge in [0.1, 0.15) is 6.26 Å². The Bertz CT molecular complexity index is 594. The lowest BCUT2D eigenvalue weighted by Crippen LogP contribution is -2.19. The minimum Gasteiger partial charge on any atom is -0.478 e. The molecule has 0 saturated heterocycles. The van der Waals surface area contributed by atoms with Crippen LogP contribution in [-0.2, 0) is 6.54 Å². The van der Waals surface area contributed by atoms with E-state index in [1.807, 2.05) is 13.1 Å². The van der Waals surface area contributed by atoms with E-state index < -0.39 is 5.97 Å². The van der Waals surface area contributed by atoms with Crippen LogP contribution in [0.3, 0.4) is 0 Å². The lowest BCUT2D eigenvalue weighted by atomic mass is 10.0. The molecule has 5 nitrogen and oxygen atoms in total. The lowest BCUT2D eigenvalue weighted by Gasteiger charge is -2.17. The number of aromatic carboxylic acids is 1. The number of nitrogens with zero attached hydrogens (tertiary/aromatic N) is 2. The molecule has 0 atom stereocenters. The molecule has 0 saturated carbocycles. The van der Waals surface area contributed by atoms with Gasteiger partial charge in [-0.05, 0) is 43.8 Å². The summed E-state index contributed by atoms with van der Waals surface area (Å²) in [6.45, 7) is 3.84. The number of hydrogen-bond donors (Lipinski definition) is 1. The first-order valence-corrected chi connectivity index (χ1v) is 7.06. The molecular weight excluding hydrogens is 268 g/mol. The van der Waals surface area contributed by atoms with E-state index in [1.165, 1.54) is 6.26 Å². The number of oxazole rings is 1. The number of aromatic nitrogens is 1. The summed E-state index contributed by atoms with van der Waals surface area (Å²) in [5.41, 5.74) is 1.89. The van der Waals surface area contributed by atoms with Gasteiger partial charge in [-0.15, -0.1) is 0 Å². The summed E-state index contributed by atoms with van der Waals surface area (Å²) in [5, 5.41) is 9.24. The fourth-order valence-corrected chi connectivity index (χ4v) is 2.22. The molecule has 1 aromatic heterocycles. The number of carboxylic acids is 1. The molecule has 0 amide bonds. The average Bonchev–Trinajstić information content (AvgIpc) is 2.99. The highest BCUT2D eigenvalue weighted by Crippen LogP contribution is 2.22. The zero-order valence-corrected chi connectivity index (χ0v) is 12.4. The van der Waals surface area contributed by atoms with Crippen LogP contribution in [-0.4, -0.2) is 34.6 Å². The first-order chi connectivity index (χ1) is 10.1. The van der Waals surface area contributed by atoms with Crippen LogP contribution in [0.2, 0.25) is 0 Å². The van der Waals surface area contributed by atoms with Gasteiger partial charge in [-0.25, -0.2) is 9.78 Å². The zero-order valence-electron chi connectivity index (χ0n) is 12.4. The molecule has 0 aliphatic rings. The summed E-state index contributed by atoms with van der Waals surface area (Å²) in [6.07, 6.45) is 5.30. The second-order valence-electron chi connectivity index (χ2n) is 5.15. The van der Waals surface area contributed by atoms with Crippen LogP contribution in [0.4, 0.5) is 0 Å². The maximum atomic E-state index is 11.3. The second kappa shape index (κ2) is 7.04. The van der Waals surface area contributed by atoms with Gasteiger partial charge in [0, 0.05) is 12.1 Å². The molecule has 0 bridgehead atoms. The fraction of sp³-hybridized carbons (Fsp3) is 0.375. The standard InChI is InChI=1S/C16H20N2O3/c1-3-4-6-18(2)11-12-8-13(15-17-5-7-21-15)10-14(9-12)16(19)20/h5,7-10H,3-4,6,11H2,1-2H3,(H,19,20). The summed E-state index contributed by atoms with van der Waals surface area (Å²) in [7, 11) is 2.04. The molecule has 0 radical (unpaired) electrons. The highest BCUT2D eigenvalue weighted by molar-refractivity contribution is 5.89. The van der Waals surface area contributed by atoms with Gasteiger partial charge in [0.25, 0.3) is 0 Å².